The summed E-state index contributed by atoms with van der Waals surface area (Å²) in [6, 6.07) is 2.70. The van der Waals surface area contributed by atoms with E-state index >= 15 is 0 Å². The van der Waals surface area contributed by atoms with Crippen LogP contribution in [0.4, 0.5) is 0 Å². The number of rotatable bonds is 6. The zero-order valence-electron chi connectivity index (χ0n) is 16.9. The van der Waals surface area contributed by atoms with Crippen molar-refractivity contribution in [3.63, 3.8) is 0 Å². The number of hydrogen-bond acceptors (Lipinski definition) is 4. The van der Waals surface area contributed by atoms with Crippen molar-refractivity contribution in [2.45, 2.75) is 65.7 Å². The van der Waals surface area contributed by atoms with Gasteiger partial charge in [0.15, 0.2) is 0 Å². The van der Waals surface area contributed by atoms with E-state index in [0.717, 1.165) is 13.1 Å². The molecular formula is C20H40N4. The van der Waals surface area contributed by atoms with Gasteiger partial charge in [0.05, 0.1) is 0 Å². The van der Waals surface area contributed by atoms with E-state index in [9.17, 15) is 0 Å². The first-order valence-electron chi connectivity index (χ1n) is 10.1. The molecule has 0 spiro atoms. The van der Waals surface area contributed by atoms with Gasteiger partial charge in [-0.1, -0.05) is 26.0 Å². The summed E-state index contributed by atoms with van der Waals surface area (Å²) in [5, 5.41) is 0. The highest BCUT2D eigenvalue weighted by atomic mass is 15.3. The molecule has 4 heteroatoms. The van der Waals surface area contributed by atoms with Crippen molar-refractivity contribution in [2.75, 3.05) is 52.4 Å². The Kier molecular flexibility index (Phi) is 7.73. The molecule has 4 unspecified atom stereocenters. The van der Waals surface area contributed by atoms with Gasteiger partial charge in [-0.15, -0.1) is 0 Å². The van der Waals surface area contributed by atoms with Gasteiger partial charge < -0.3 is 0 Å². The summed E-state index contributed by atoms with van der Waals surface area (Å²) in [7, 11) is 0. The van der Waals surface area contributed by atoms with Crippen LogP contribution in [-0.2, 0) is 0 Å². The molecule has 2 heterocycles. The van der Waals surface area contributed by atoms with Crippen molar-refractivity contribution >= 4 is 0 Å². The molecule has 140 valence electrons. The summed E-state index contributed by atoms with van der Waals surface area (Å²) < 4.78 is 0. The minimum Gasteiger partial charge on any atom is -0.298 e. The molecule has 4 nitrogen and oxygen atoms in total. The first-order chi connectivity index (χ1) is 11.5. The van der Waals surface area contributed by atoms with Crippen LogP contribution in [0, 0.1) is 0 Å². The zero-order chi connectivity index (χ0) is 17.7. The Balaban J connectivity index is 1.76. The lowest BCUT2D eigenvalue weighted by atomic mass is 10.1. The molecule has 0 N–H and O–H groups in total. The SMILES string of the molecule is CCN1CC(C)N(CC=CCN2CC(C)N(CC)CC2C)CC1C. The number of hydrogen-bond donors (Lipinski definition) is 0. The summed E-state index contributed by atoms with van der Waals surface area (Å²) >= 11 is 0. The smallest absolute Gasteiger partial charge is 0.0198 e. The van der Waals surface area contributed by atoms with E-state index in [1.165, 1.54) is 39.3 Å². The third-order valence-corrected chi connectivity index (χ3v) is 6.15. The van der Waals surface area contributed by atoms with Crippen molar-refractivity contribution in [3.8, 4) is 0 Å². The van der Waals surface area contributed by atoms with Gasteiger partial charge in [0.2, 0.25) is 0 Å². The standard InChI is InChI=1S/C20H40N4/c1-7-21-13-19(5)23(15-17(21)3)11-9-10-12-24-16-18(4)22(8-2)14-20(24)6/h9-10,17-20H,7-8,11-16H2,1-6H3. The van der Waals surface area contributed by atoms with Gasteiger partial charge in [0.1, 0.15) is 0 Å². The van der Waals surface area contributed by atoms with Crippen molar-refractivity contribution in [2.24, 2.45) is 0 Å². The summed E-state index contributed by atoms with van der Waals surface area (Å²) in [5.41, 5.74) is 0. The normalized spacial score (nSPS) is 35.1. The van der Waals surface area contributed by atoms with Crippen molar-refractivity contribution in [3.05, 3.63) is 12.2 Å². The summed E-state index contributed by atoms with van der Waals surface area (Å²) in [4.78, 5) is 10.5. The van der Waals surface area contributed by atoms with E-state index in [0.29, 0.717) is 24.2 Å². The third-order valence-electron chi connectivity index (χ3n) is 6.15. The molecular weight excluding hydrogens is 296 g/mol. The molecule has 2 fully saturated rings. The van der Waals surface area contributed by atoms with Crippen LogP contribution in [0.15, 0.2) is 12.2 Å². The van der Waals surface area contributed by atoms with E-state index in [2.05, 4.69) is 73.3 Å². The van der Waals surface area contributed by atoms with E-state index < -0.39 is 0 Å². The molecule has 0 aromatic rings. The van der Waals surface area contributed by atoms with Gasteiger partial charge in [-0.25, -0.2) is 0 Å². The minimum atomic E-state index is 0.665. The van der Waals surface area contributed by atoms with Crippen LogP contribution in [0.1, 0.15) is 41.5 Å². The Hall–Kier alpha value is -0.420. The van der Waals surface area contributed by atoms with E-state index in [1.807, 2.05) is 0 Å². The van der Waals surface area contributed by atoms with Gasteiger partial charge in [-0.2, -0.15) is 0 Å². The Labute approximate surface area is 150 Å². The average molecular weight is 337 g/mol. The molecule has 0 aliphatic carbocycles. The fourth-order valence-corrected chi connectivity index (χ4v) is 4.35. The lowest BCUT2D eigenvalue weighted by Crippen LogP contribution is -2.56. The van der Waals surface area contributed by atoms with Crippen LogP contribution in [0.3, 0.4) is 0 Å². The van der Waals surface area contributed by atoms with Crippen LogP contribution in [0.2, 0.25) is 0 Å². The van der Waals surface area contributed by atoms with Crippen molar-refractivity contribution in [1.82, 2.24) is 19.6 Å². The topological polar surface area (TPSA) is 13.0 Å². The predicted octanol–water partition coefficient (Wildman–Crippen LogP) is 2.37. The van der Waals surface area contributed by atoms with Crippen LogP contribution < -0.4 is 0 Å². The second kappa shape index (κ2) is 9.33. The monoisotopic (exact) mass is 336 g/mol. The van der Waals surface area contributed by atoms with Crippen molar-refractivity contribution < 1.29 is 0 Å². The molecule has 2 aliphatic heterocycles. The molecule has 0 aromatic heterocycles. The maximum Gasteiger partial charge on any atom is 0.0198 e. The zero-order valence-corrected chi connectivity index (χ0v) is 16.9. The lowest BCUT2D eigenvalue weighted by Gasteiger charge is -2.44. The minimum absolute atomic E-state index is 0.665. The second-order valence-electron chi connectivity index (χ2n) is 7.95. The Morgan fingerprint density at radius 3 is 1.21 bits per heavy atom. The summed E-state index contributed by atoms with van der Waals surface area (Å²) in [6.07, 6.45) is 4.79. The first kappa shape index (κ1) is 19.9. The van der Waals surface area contributed by atoms with E-state index in [4.69, 9.17) is 0 Å². The van der Waals surface area contributed by atoms with Crippen LogP contribution >= 0.6 is 0 Å². The number of likely N-dealkylation sites (N-methyl/N-ethyl adjacent to an activating group) is 2. The summed E-state index contributed by atoms with van der Waals surface area (Å²) in [5.74, 6) is 0. The molecule has 0 amide bonds. The molecule has 2 saturated heterocycles. The molecule has 4 atom stereocenters. The summed E-state index contributed by atoms with van der Waals surface area (Å²) in [6.45, 7) is 23.4. The highest BCUT2D eigenvalue weighted by molar-refractivity contribution is 4.94. The Morgan fingerprint density at radius 2 is 0.875 bits per heavy atom. The van der Waals surface area contributed by atoms with Crippen LogP contribution in [0.5, 0.6) is 0 Å². The number of nitrogens with zero attached hydrogens (tertiary/aromatic N) is 4. The maximum atomic E-state index is 2.63. The van der Waals surface area contributed by atoms with E-state index in [1.54, 1.807) is 0 Å². The van der Waals surface area contributed by atoms with E-state index in [-0.39, 0.29) is 0 Å². The molecule has 2 aliphatic rings. The molecule has 0 radical (unpaired) electrons. The quantitative estimate of drug-likeness (QED) is 0.690. The molecule has 2 rings (SSSR count). The number of piperazine rings is 2. The van der Waals surface area contributed by atoms with Gasteiger partial charge in [0, 0.05) is 63.4 Å². The average Bonchev–Trinajstić information content (AvgIpc) is 2.56. The van der Waals surface area contributed by atoms with Crippen LogP contribution in [0.25, 0.3) is 0 Å². The lowest BCUT2D eigenvalue weighted by molar-refractivity contribution is 0.0520. The molecule has 0 saturated carbocycles. The molecule has 0 aromatic carbocycles. The second-order valence-corrected chi connectivity index (χ2v) is 7.95. The highest BCUT2D eigenvalue weighted by Gasteiger charge is 2.28. The molecule has 0 bridgehead atoms. The molecule has 24 heavy (non-hydrogen) atoms. The van der Waals surface area contributed by atoms with Gasteiger partial charge in [-0.05, 0) is 40.8 Å². The van der Waals surface area contributed by atoms with Crippen LogP contribution in [-0.4, -0.2) is 96.1 Å². The van der Waals surface area contributed by atoms with Gasteiger partial charge >= 0.3 is 0 Å². The fourth-order valence-electron chi connectivity index (χ4n) is 4.35. The Bertz CT molecular complexity index is 361. The fraction of sp³-hybridized carbons (Fsp3) is 0.900. The largest absolute Gasteiger partial charge is 0.298 e. The van der Waals surface area contributed by atoms with Crippen molar-refractivity contribution in [1.29, 1.82) is 0 Å². The predicted molar refractivity (Wildman–Crippen MR) is 105 cm³/mol. The highest BCUT2D eigenvalue weighted by Crippen LogP contribution is 2.16. The Morgan fingerprint density at radius 1 is 0.583 bits per heavy atom. The maximum absolute atomic E-state index is 2.63. The third kappa shape index (κ3) is 5.04. The van der Waals surface area contributed by atoms with Gasteiger partial charge in [-0.3, -0.25) is 19.6 Å². The van der Waals surface area contributed by atoms with Gasteiger partial charge in [0.25, 0.3) is 0 Å². The first-order valence-corrected chi connectivity index (χ1v) is 10.1.